The van der Waals surface area contributed by atoms with Crippen LogP contribution in [-0.4, -0.2) is 62.1 Å². The summed E-state index contributed by atoms with van der Waals surface area (Å²) in [5, 5.41) is 0. The number of carbonyl (C=O) groups is 1. The Labute approximate surface area is 115 Å². The van der Waals surface area contributed by atoms with Crippen LogP contribution in [-0.2, 0) is 4.74 Å². The highest BCUT2D eigenvalue weighted by Crippen LogP contribution is 2.03. The molecule has 1 aliphatic heterocycles. The molecule has 4 heteroatoms. The molecule has 0 spiro atoms. The second-order valence-corrected chi connectivity index (χ2v) is 5.00. The number of hydrogen-bond donors (Lipinski definition) is 0. The Balaban J connectivity index is 1.61. The van der Waals surface area contributed by atoms with Crippen molar-refractivity contribution in [1.29, 1.82) is 0 Å². The van der Waals surface area contributed by atoms with E-state index in [4.69, 9.17) is 4.74 Å². The first-order valence-corrected chi connectivity index (χ1v) is 6.89. The number of ether oxygens (including phenoxy) is 1. The standard InChI is InChI=1S/C15H22N2O2/c1-16-9-11-17(12-10-16)8-5-13-19-15(18)14-6-3-2-4-7-14/h2-4,6-7H,5,8-13H2,1H3. The third-order valence-electron chi connectivity index (χ3n) is 3.46. The zero-order chi connectivity index (χ0) is 13.5. The number of piperazine rings is 1. The summed E-state index contributed by atoms with van der Waals surface area (Å²) >= 11 is 0. The monoisotopic (exact) mass is 262 g/mol. The maximum atomic E-state index is 11.7. The van der Waals surface area contributed by atoms with Crippen LogP contribution in [0.15, 0.2) is 30.3 Å². The number of hydrogen-bond acceptors (Lipinski definition) is 4. The molecule has 0 amide bonds. The Kier molecular flexibility index (Phi) is 5.36. The first-order valence-electron chi connectivity index (χ1n) is 6.89. The Morgan fingerprint density at radius 1 is 1.16 bits per heavy atom. The molecule has 0 saturated carbocycles. The van der Waals surface area contributed by atoms with E-state index in [0.717, 1.165) is 39.1 Å². The summed E-state index contributed by atoms with van der Waals surface area (Å²) in [7, 11) is 2.15. The van der Waals surface area contributed by atoms with E-state index in [1.165, 1.54) is 0 Å². The summed E-state index contributed by atoms with van der Waals surface area (Å²) in [5.74, 6) is -0.223. The van der Waals surface area contributed by atoms with Gasteiger partial charge in [0.25, 0.3) is 0 Å². The molecule has 1 aromatic rings. The van der Waals surface area contributed by atoms with E-state index in [2.05, 4.69) is 16.8 Å². The van der Waals surface area contributed by atoms with Gasteiger partial charge in [0.1, 0.15) is 0 Å². The molecule has 0 unspecified atom stereocenters. The van der Waals surface area contributed by atoms with Crippen LogP contribution in [0.5, 0.6) is 0 Å². The average molecular weight is 262 g/mol. The molecule has 1 aliphatic rings. The van der Waals surface area contributed by atoms with Gasteiger partial charge in [0, 0.05) is 32.7 Å². The van der Waals surface area contributed by atoms with E-state index in [1.807, 2.05) is 18.2 Å². The zero-order valence-electron chi connectivity index (χ0n) is 11.5. The van der Waals surface area contributed by atoms with E-state index in [9.17, 15) is 4.79 Å². The third kappa shape index (κ3) is 4.65. The van der Waals surface area contributed by atoms with Crippen molar-refractivity contribution in [3.63, 3.8) is 0 Å². The van der Waals surface area contributed by atoms with Gasteiger partial charge in [-0.2, -0.15) is 0 Å². The van der Waals surface area contributed by atoms with Crippen LogP contribution in [0.1, 0.15) is 16.8 Å². The van der Waals surface area contributed by atoms with E-state index >= 15 is 0 Å². The molecule has 4 nitrogen and oxygen atoms in total. The van der Waals surface area contributed by atoms with Gasteiger partial charge < -0.3 is 14.5 Å². The number of rotatable bonds is 5. The van der Waals surface area contributed by atoms with E-state index in [0.29, 0.717) is 12.2 Å². The average Bonchev–Trinajstić information content (AvgIpc) is 2.46. The van der Waals surface area contributed by atoms with Crippen molar-refractivity contribution in [2.45, 2.75) is 6.42 Å². The Hall–Kier alpha value is -1.39. The van der Waals surface area contributed by atoms with E-state index < -0.39 is 0 Å². The molecule has 1 fully saturated rings. The molecule has 0 aliphatic carbocycles. The quantitative estimate of drug-likeness (QED) is 0.594. The summed E-state index contributed by atoms with van der Waals surface area (Å²) in [5.41, 5.74) is 0.627. The number of esters is 1. The van der Waals surface area contributed by atoms with Crippen molar-refractivity contribution < 1.29 is 9.53 Å². The molecule has 2 rings (SSSR count). The van der Waals surface area contributed by atoms with Gasteiger partial charge >= 0.3 is 5.97 Å². The first-order chi connectivity index (χ1) is 9.25. The molecule has 1 aromatic carbocycles. The number of nitrogens with zero attached hydrogens (tertiary/aromatic N) is 2. The number of benzene rings is 1. The molecule has 0 radical (unpaired) electrons. The fourth-order valence-electron chi connectivity index (χ4n) is 2.18. The molecule has 0 bridgehead atoms. The highest BCUT2D eigenvalue weighted by molar-refractivity contribution is 5.89. The lowest BCUT2D eigenvalue weighted by Gasteiger charge is -2.32. The van der Waals surface area contributed by atoms with Gasteiger partial charge in [0.05, 0.1) is 12.2 Å². The van der Waals surface area contributed by atoms with Crippen LogP contribution in [0.4, 0.5) is 0 Å². The van der Waals surface area contributed by atoms with E-state index in [-0.39, 0.29) is 5.97 Å². The predicted molar refractivity (Wildman–Crippen MR) is 75.3 cm³/mol. The van der Waals surface area contributed by atoms with Gasteiger partial charge in [-0.05, 0) is 25.6 Å². The fourth-order valence-corrected chi connectivity index (χ4v) is 2.18. The second-order valence-electron chi connectivity index (χ2n) is 5.00. The molecule has 104 valence electrons. The van der Waals surface area contributed by atoms with Gasteiger partial charge in [0.2, 0.25) is 0 Å². The minimum absolute atomic E-state index is 0.223. The van der Waals surface area contributed by atoms with Gasteiger partial charge in [-0.15, -0.1) is 0 Å². The summed E-state index contributed by atoms with van der Waals surface area (Å²) in [6, 6.07) is 9.15. The zero-order valence-corrected chi connectivity index (χ0v) is 11.5. The molecular weight excluding hydrogens is 240 g/mol. The lowest BCUT2D eigenvalue weighted by atomic mass is 10.2. The minimum atomic E-state index is -0.223. The molecule has 19 heavy (non-hydrogen) atoms. The lowest BCUT2D eigenvalue weighted by Crippen LogP contribution is -2.44. The number of likely N-dealkylation sites (N-methyl/N-ethyl adjacent to an activating group) is 1. The molecule has 0 N–H and O–H groups in total. The van der Waals surface area contributed by atoms with Gasteiger partial charge in [-0.3, -0.25) is 0 Å². The largest absolute Gasteiger partial charge is 0.462 e. The Morgan fingerprint density at radius 3 is 2.53 bits per heavy atom. The second kappa shape index (κ2) is 7.26. The highest BCUT2D eigenvalue weighted by Gasteiger charge is 2.13. The summed E-state index contributed by atoms with van der Waals surface area (Å²) in [4.78, 5) is 16.5. The van der Waals surface area contributed by atoms with Crippen molar-refractivity contribution in [2.24, 2.45) is 0 Å². The molecule has 0 aromatic heterocycles. The van der Waals surface area contributed by atoms with Crippen LogP contribution >= 0.6 is 0 Å². The van der Waals surface area contributed by atoms with Crippen molar-refractivity contribution in [3.05, 3.63) is 35.9 Å². The Bertz CT molecular complexity index is 386. The summed E-state index contributed by atoms with van der Waals surface area (Å²) in [6.07, 6.45) is 0.905. The van der Waals surface area contributed by atoms with Gasteiger partial charge in [-0.25, -0.2) is 4.79 Å². The van der Waals surface area contributed by atoms with Crippen LogP contribution in [0.25, 0.3) is 0 Å². The van der Waals surface area contributed by atoms with Crippen LogP contribution in [0.3, 0.4) is 0 Å². The predicted octanol–water partition coefficient (Wildman–Crippen LogP) is 1.48. The smallest absolute Gasteiger partial charge is 0.338 e. The highest BCUT2D eigenvalue weighted by atomic mass is 16.5. The summed E-state index contributed by atoms with van der Waals surface area (Å²) < 4.78 is 5.26. The third-order valence-corrected chi connectivity index (χ3v) is 3.46. The van der Waals surface area contributed by atoms with Crippen molar-refractivity contribution in [3.8, 4) is 0 Å². The van der Waals surface area contributed by atoms with E-state index in [1.54, 1.807) is 12.1 Å². The van der Waals surface area contributed by atoms with Crippen molar-refractivity contribution in [1.82, 2.24) is 9.80 Å². The van der Waals surface area contributed by atoms with Gasteiger partial charge in [0.15, 0.2) is 0 Å². The molecular formula is C15H22N2O2. The van der Waals surface area contributed by atoms with Crippen LogP contribution < -0.4 is 0 Å². The number of carbonyl (C=O) groups excluding carboxylic acids is 1. The maximum absolute atomic E-state index is 11.7. The molecule has 1 heterocycles. The van der Waals surface area contributed by atoms with Crippen molar-refractivity contribution >= 4 is 5.97 Å². The van der Waals surface area contributed by atoms with Crippen molar-refractivity contribution in [2.75, 3.05) is 46.4 Å². The topological polar surface area (TPSA) is 32.8 Å². The SMILES string of the molecule is CN1CCN(CCCOC(=O)c2ccccc2)CC1. The minimum Gasteiger partial charge on any atom is -0.462 e. The lowest BCUT2D eigenvalue weighted by molar-refractivity contribution is 0.0479. The first kappa shape index (κ1) is 14.0. The Morgan fingerprint density at radius 2 is 1.84 bits per heavy atom. The molecule has 1 saturated heterocycles. The van der Waals surface area contributed by atoms with Crippen LogP contribution in [0.2, 0.25) is 0 Å². The molecule has 0 atom stereocenters. The maximum Gasteiger partial charge on any atom is 0.338 e. The summed E-state index contributed by atoms with van der Waals surface area (Å²) in [6.45, 7) is 6.00. The van der Waals surface area contributed by atoms with Gasteiger partial charge in [-0.1, -0.05) is 18.2 Å². The fraction of sp³-hybridized carbons (Fsp3) is 0.533. The normalized spacial score (nSPS) is 17.3. The van der Waals surface area contributed by atoms with Crippen LogP contribution in [0, 0.1) is 0 Å².